The molecular weight excluding hydrogens is 362 g/mol. The van der Waals surface area contributed by atoms with Crippen LogP contribution in [0.15, 0.2) is 48.8 Å². The zero-order valence-corrected chi connectivity index (χ0v) is 17.6. The van der Waals surface area contributed by atoms with Gasteiger partial charge < -0.3 is 20.1 Å². The maximum absolute atomic E-state index is 10.5. The number of benzene rings is 1. The molecule has 0 radical (unpaired) electrons. The quantitative estimate of drug-likeness (QED) is 0.569. The Morgan fingerprint density at radius 1 is 1.14 bits per heavy atom. The van der Waals surface area contributed by atoms with E-state index in [2.05, 4.69) is 28.3 Å². The number of ether oxygens (including phenoxy) is 1. The topological polar surface area (TPSA) is 57.6 Å². The fourth-order valence-corrected chi connectivity index (χ4v) is 4.04. The number of hydrogen-bond donors (Lipinski definition) is 2. The van der Waals surface area contributed by atoms with Gasteiger partial charge in [-0.15, -0.1) is 0 Å². The number of pyridine rings is 1. The fourth-order valence-electron chi connectivity index (χ4n) is 4.04. The van der Waals surface area contributed by atoms with E-state index in [1.807, 2.05) is 42.7 Å². The van der Waals surface area contributed by atoms with Crippen LogP contribution in [0.2, 0.25) is 0 Å². The number of hydrogen-bond acceptors (Lipinski definition) is 5. The number of nitrogens with zero attached hydrogens (tertiary/aromatic N) is 2. The normalized spacial score (nSPS) is 16.1. The van der Waals surface area contributed by atoms with Gasteiger partial charge in [0.15, 0.2) is 0 Å². The van der Waals surface area contributed by atoms with Crippen molar-refractivity contribution in [1.82, 2.24) is 15.2 Å². The maximum Gasteiger partial charge on any atom is 0.123 e. The Bertz CT molecular complexity index is 704. The second-order valence-electron chi connectivity index (χ2n) is 8.09. The molecule has 0 amide bonds. The van der Waals surface area contributed by atoms with Gasteiger partial charge >= 0.3 is 0 Å². The van der Waals surface area contributed by atoms with Gasteiger partial charge in [-0.25, -0.2) is 0 Å². The van der Waals surface area contributed by atoms with Gasteiger partial charge in [0.1, 0.15) is 18.5 Å². The van der Waals surface area contributed by atoms with Crippen LogP contribution in [-0.2, 0) is 13.0 Å². The molecule has 2 N–H and O–H groups in total. The minimum absolute atomic E-state index is 0.324. The van der Waals surface area contributed by atoms with E-state index in [1.165, 1.54) is 37.7 Å². The molecule has 0 aliphatic heterocycles. The Labute approximate surface area is 175 Å². The number of nitrogens with one attached hydrogen (secondary N) is 1. The summed E-state index contributed by atoms with van der Waals surface area (Å²) in [5, 5.41) is 13.9. The Hall–Kier alpha value is -1.95. The number of likely N-dealkylation sites (N-methyl/N-ethyl adjacent to an activating group) is 1. The molecule has 2 aromatic rings. The van der Waals surface area contributed by atoms with Gasteiger partial charge in [-0.1, -0.05) is 37.5 Å². The van der Waals surface area contributed by atoms with Crippen LogP contribution in [0.25, 0.3) is 0 Å². The number of aliphatic hydroxyl groups excluding tert-OH is 1. The minimum Gasteiger partial charge on any atom is -0.491 e. The summed E-state index contributed by atoms with van der Waals surface area (Å²) in [6.45, 7) is 2.63. The molecule has 1 aromatic heterocycles. The lowest BCUT2D eigenvalue weighted by Gasteiger charge is -2.32. The van der Waals surface area contributed by atoms with Gasteiger partial charge in [0.25, 0.3) is 0 Å². The highest BCUT2D eigenvalue weighted by molar-refractivity contribution is 5.33. The molecule has 3 rings (SSSR count). The van der Waals surface area contributed by atoms with E-state index in [0.29, 0.717) is 19.2 Å². The molecule has 0 spiro atoms. The van der Waals surface area contributed by atoms with Gasteiger partial charge in [0.05, 0.1) is 0 Å². The monoisotopic (exact) mass is 397 g/mol. The average molecular weight is 398 g/mol. The van der Waals surface area contributed by atoms with E-state index in [-0.39, 0.29) is 0 Å². The van der Waals surface area contributed by atoms with Crippen molar-refractivity contribution in [2.24, 2.45) is 0 Å². The minimum atomic E-state index is -0.477. The molecule has 5 nitrogen and oxygen atoms in total. The summed E-state index contributed by atoms with van der Waals surface area (Å²) in [6.07, 6.45) is 10.6. The first-order valence-corrected chi connectivity index (χ1v) is 10.9. The lowest BCUT2D eigenvalue weighted by Crippen LogP contribution is -2.40. The van der Waals surface area contributed by atoms with Crippen molar-refractivity contribution >= 4 is 0 Å². The van der Waals surface area contributed by atoms with Crippen LogP contribution in [0, 0.1) is 0 Å². The van der Waals surface area contributed by atoms with Crippen molar-refractivity contribution < 1.29 is 9.84 Å². The van der Waals surface area contributed by atoms with E-state index in [9.17, 15) is 5.11 Å². The molecule has 1 fully saturated rings. The molecule has 0 saturated heterocycles. The molecule has 5 heteroatoms. The van der Waals surface area contributed by atoms with Crippen LogP contribution < -0.4 is 10.1 Å². The van der Waals surface area contributed by atoms with Crippen molar-refractivity contribution in [3.05, 3.63) is 59.9 Å². The summed E-state index contributed by atoms with van der Waals surface area (Å²) in [6, 6.07) is 12.8. The highest BCUT2D eigenvalue weighted by Crippen LogP contribution is 2.22. The van der Waals surface area contributed by atoms with Crippen LogP contribution in [0.4, 0.5) is 0 Å². The van der Waals surface area contributed by atoms with Crippen molar-refractivity contribution in [2.75, 3.05) is 26.7 Å². The van der Waals surface area contributed by atoms with Gasteiger partial charge in [-0.2, -0.15) is 0 Å². The van der Waals surface area contributed by atoms with Gasteiger partial charge in [0, 0.05) is 37.1 Å². The van der Waals surface area contributed by atoms with Crippen LogP contribution in [0.3, 0.4) is 0 Å². The van der Waals surface area contributed by atoms with Crippen molar-refractivity contribution in [2.45, 2.75) is 57.2 Å². The highest BCUT2D eigenvalue weighted by Gasteiger charge is 2.20. The molecule has 158 valence electrons. The van der Waals surface area contributed by atoms with Crippen molar-refractivity contribution in [1.29, 1.82) is 0 Å². The summed E-state index contributed by atoms with van der Waals surface area (Å²) in [7, 11) is 2.12. The van der Waals surface area contributed by atoms with Crippen LogP contribution in [-0.4, -0.2) is 53.9 Å². The SMILES string of the molecule is CN(CC(O)COc1ccccc1CNCCc1ccncc1)C1CCCCC1. The zero-order valence-electron chi connectivity index (χ0n) is 17.6. The van der Waals surface area contributed by atoms with Crippen molar-refractivity contribution in [3.8, 4) is 5.75 Å². The molecule has 1 heterocycles. The Kier molecular flexibility index (Phi) is 8.93. The zero-order chi connectivity index (χ0) is 20.3. The highest BCUT2D eigenvalue weighted by atomic mass is 16.5. The van der Waals surface area contributed by atoms with Crippen molar-refractivity contribution in [3.63, 3.8) is 0 Å². The molecule has 1 saturated carbocycles. The van der Waals surface area contributed by atoms with Gasteiger partial charge in [0.2, 0.25) is 0 Å². The Morgan fingerprint density at radius 2 is 1.90 bits per heavy atom. The van der Waals surface area contributed by atoms with Gasteiger partial charge in [-0.3, -0.25) is 4.98 Å². The third-order valence-corrected chi connectivity index (χ3v) is 5.76. The van der Waals surface area contributed by atoms with Crippen LogP contribution >= 0.6 is 0 Å². The number of para-hydroxylation sites is 1. The standard InChI is InChI=1S/C24H35N3O2/c1-27(22-8-3-2-4-9-22)18-23(28)19-29-24-10-6-5-7-21(24)17-26-16-13-20-11-14-25-15-12-20/h5-7,10-12,14-15,22-23,26,28H,2-4,8-9,13,16-19H2,1H3. The molecule has 1 aromatic carbocycles. The van der Waals surface area contributed by atoms with Gasteiger partial charge in [-0.05, 0) is 56.6 Å². The maximum atomic E-state index is 10.5. The first-order valence-electron chi connectivity index (χ1n) is 10.9. The molecular formula is C24H35N3O2. The largest absolute Gasteiger partial charge is 0.491 e. The predicted molar refractivity (Wildman–Crippen MR) is 117 cm³/mol. The molecule has 29 heavy (non-hydrogen) atoms. The average Bonchev–Trinajstić information content (AvgIpc) is 2.77. The fraction of sp³-hybridized carbons (Fsp3) is 0.542. The van der Waals surface area contributed by atoms with E-state index in [4.69, 9.17) is 4.74 Å². The third-order valence-electron chi connectivity index (χ3n) is 5.76. The number of aromatic nitrogens is 1. The van der Waals surface area contributed by atoms with Crippen LogP contribution in [0.1, 0.15) is 43.2 Å². The summed E-state index contributed by atoms with van der Waals surface area (Å²) < 4.78 is 5.98. The number of aliphatic hydroxyl groups is 1. The summed E-state index contributed by atoms with van der Waals surface area (Å²) >= 11 is 0. The Morgan fingerprint density at radius 3 is 2.69 bits per heavy atom. The summed E-state index contributed by atoms with van der Waals surface area (Å²) in [5.41, 5.74) is 2.40. The Balaban J connectivity index is 1.41. The molecule has 1 aliphatic rings. The van der Waals surface area contributed by atoms with E-state index >= 15 is 0 Å². The summed E-state index contributed by atoms with van der Waals surface area (Å²) in [5.74, 6) is 0.850. The predicted octanol–water partition coefficient (Wildman–Crippen LogP) is 3.42. The second kappa shape index (κ2) is 11.9. The molecule has 0 bridgehead atoms. The third kappa shape index (κ3) is 7.42. The second-order valence-corrected chi connectivity index (χ2v) is 8.09. The van der Waals surface area contributed by atoms with E-state index < -0.39 is 6.10 Å². The molecule has 1 atom stereocenters. The van der Waals surface area contributed by atoms with Crippen LogP contribution in [0.5, 0.6) is 5.75 Å². The molecule has 1 aliphatic carbocycles. The summed E-state index contributed by atoms with van der Waals surface area (Å²) in [4.78, 5) is 6.36. The lowest BCUT2D eigenvalue weighted by atomic mass is 9.94. The van der Waals surface area contributed by atoms with E-state index in [0.717, 1.165) is 30.8 Å². The number of rotatable bonds is 11. The smallest absolute Gasteiger partial charge is 0.123 e. The lowest BCUT2D eigenvalue weighted by molar-refractivity contribution is 0.0558. The van der Waals surface area contributed by atoms with E-state index in [1.54, 1.807) is 0 Å². The first kappa shape index (κ1) is 21.8. The molecule has 1 unspecified atom stereocenters. The first-order chi connectivity index (χ1) is 14.2.